The second-order valence-electron chi connectivity index (χ2n) is 9.54. The Morgan fingerprint density at radius 2 is 1.86 bits per heavy atom. The van der Waals surface area contributed by atoms with Gasteiger partial charge in [-0.05, 0) is 62.2 Å². The predicted molar refractivity (Wildman–Crippen MR) is 163 cm³/mol. The molecule has 43 heavy (non-hydrogen) atoms. The fourth-order valence-electron chi connectivity index (χ4n) is 4.55. The molecule has 1 aromatic heterocycles. The first-order valence-corrected chi connectivity index (χ1v) is 14.7. The van der Waals surface area contributed by atoms with E-state index in [0.717, 1.165) is 24.2 Å². The van der Waals surface area contributed by atoms with Crippen LogP contribution in [0.4, 0.5) is 5.13 Å². The molecule has 1 N–H and O–H groups in total. The summed E-state index contributed by atoms with van der Waals surface area (Å²) in [5.74, 6) is -1.33. The fraction of sp³-hybridized carbons (Fsp3) is 0.312. The van der Waals surface area contributed by atoms with E-state index in [1.54, 1.807) is 49.4 Å². The average molecular weight is 607 g/mol. The molecule has 2 heterocycles. The third-order valence-corrected chi connectivity index (χ3v) is 7.79. The molecule has 0 saturated carbocycles. The molecular weight excluding hydrogens is 572 g/mol. The van der Waals surface area contributed by atoms with Gasteiger partial charge in [0.25, 0.3) is 5.78 Å². The second kappa shape index (κ2) is 14.0. The maximum Gasteiger partial charge on any atom is 0.350 e. The predicted octanol–water partition coefficient (Wildman–Crippen LogP) is 6.01. The van der Waals surface area contributed by atoms with E-state index in [4.69, 9.17) is 18.9 Å². The molecule has 11 heteroatoms. The Labute approximate surface area is 254 Å². The van der Waals surface area contributed by atoms with Crippen molar-refractivity contribution in [1.82, 2.24) is 4.98 Å². The summed E-state index contributed by atoms with van der Waals surface area (Å²) in [5, 5.41) is 11.6. The number of unbranched alkanes of at least 4 members (excludes halogenated alkanes) is 1. The first kappa shape index (κ1) is 31.3. The van der Waals surface area contributed by atoms with Gasteiger partial charge in [-0.2, -0.15) is 0 Å². The molecule has 1 amide bonds. The highest BCUT2D eigenvalue weighted by atomic mass is 32.1. The quantitative estimate of drug-likeness (QED) is 0.0622. The van der Waals surface area contributed by atoms with Crippen molar-refractivity contribution in [2.24, 2.45) is 0 Å². The number of benzene rings is 2. The molecular formula is C32H34N2O8S. The third-order valence-electron chi connectivity index (χ3n) is 6.65. The maximum atomic E-state index is 13.6. The van der Waals surface area contributed by atoms with Gasteiger partial charge in [-0.15, -0.1) is 0 Å². The third kappa shape index (κ3) is 6.56. The van der Waals surface area contributed by atoms with Gasteiger partial charge in [0.2, 0.25) is 0 Å². The largest absolute Gasteiger partial charge is 0.507 e. The van der Waals surface area contributed by atoms with Crippen molar-refractivity contribution < 1.29 is 38.4 Å². The number of hydrogen-bond donors (Lipinski definition) is 1. The van der Waals surface area contributed by atoms with E-state index < -0.39 is 23.7 Å². The molecule has 1 saturated heterocycles. The summed E-state index contributed by atoms with van der Waals surface area (Å²) in [5.41, 5.74) is 0.981. The highest BCUT2D eigenvalue weighted by Crippen LogP contribution is 2.45. The number of Topliss-reactive ketones (excluding diaryl/α,β-unsaturated/α-hetero) is 1. The van der Waals surface area contributed by atoms with Crippen molar-refractivity contribution in [3.05, 3.63) is 82.4 Å². The Balaban J connectivity index is 1.85. The lowest BCUT2D eigenvalue weighted by Crippen LogP contribution is -2.29. The molecule has 3 aromatic rings. The number of aryl methyl sites for hydroxylation is 1. The van der Waals surface area contributed by atoms with Crippen LogP contribution in [0.15, 0.2) is 60.7 Å². The lowest BCUT2D eigenvalue weighted by Gasteiger charge is -2.24. The van der Waals surface area contributed by atoms with Gasteiger partial charge in [-0.1, -0.05) is 43.4 Å². The van der Waals surface area contributed by atoms with E-state index in [2.05, 4.69) is 18.5 Å². The number of thiazole rings is 1. The standard InChI is InChI=1S/C32H34N2O8S/c1-6-9-17-41-22-13-10-20(11-14-22)27(35)25-26(21-12-15-23(40-8-3)24(18-21)39-5)34(30(37)28(25)36)32-33-19(4)29(43-32)31(38)42-16-7-2/h7,10-15,18,26,35H,2,6,8-9,16-17H2,1,3-5H3/b27-25+. The van der Waals surface area contributed by atoms with Gasteiger partial charge >= 0.3 is 11.9 Å². The van der Waals surface area contributed by atoms with Gasteiger partial charge in [0.1, 0.15) is 23.0 Å². The lowest BCUT2D eigenvalue weighted by molar-refractivity contribution is -0.132. The summed E-state index contributed by atoms with van der Waals surface area (Å²) < 4.78 is 22.1. The number of aliphatic hydroxyl groups excluding tert-OH is 1. The van der Waals surface area contributed by atoms with Crippen LogP contribution in [-0.4, -0.2) is 54.7 Å². The van der Waals surface area contributed by atoms with E-state index >= 15 is 0 Å². The molecule has 0 aliphatic carbocycles. The number of carbonyl (C=O) groups excluding carboxylic acids is 3. The van der Waals surface area contributed by atoms with Crippen LogP contribution in [0.25, 0.3) is 5.76 Å². The van der Waals surface area contributed by atoms with Crippen LogP contribution >= 0.6 is 11.3 Å². The summed E-state index contributed by atoms with van der Waals surface area (Å²) in [6.45, 7) is 10.0. The molecule has 0 spiro atoms. The Hall–Kier alpha value is -4.64. The van der Waals surface area contributed by atoms with Crippen LogP contribution in [0, 0.1) is 6.92 Å². The van der Waals surface area contributed by atoms with Crippen LogP contribution in [-0.2, 0) is 14.3 Å². The number of carbonyl (C=O) groups is 3. The molecule has 0 bridgehead atoms. The zero-order valence-corrected chi connectivity index (χ0v) is 25.4. The van der Waals surface area contributed by atoms with Crippen molar-refractivity contribution in [3.63, 3.8) is 0 Å². The number of ketones is 1. The molecule has 1 aliphatic rings. The zero-order valence-electron chi connectivity index (χ0n) is 24.5. The van der Waals surface area contributed by atoms with E-state index in [0.29, 0.717) is 47.3 Å². The second-order valence-corrected chi connectivity index (χ2v) is 10.5. The van der Waals surface area contributed by atoms with Crippen LogP contribution in [0.2, 0.25) is 0 Å². The molecule has 1 fully saturated rings. The van der Waals surface area contributed by atoms with Crippen molar-refractivity contribution >= 4 is 39.9 Å². The van der Waals surface area contributed by atoms with Gasteiger partial charge in [-0.25, -0.2) is 9.78 Å². The Kier molecular flexibility index (Phi) is 10.2. The highest BCUT2D eigenvalue weighted by Gasteiger charge is 2.48. The van der Waals surface area contributed by atoms with Crippen LogP contribution in [0.1, 0.15) is 59.2 Å². The van der Waals surface area contributed by atoms with Crippen molar-refractivity contribution in [3.8, 4) is 17.2 Å². The summed E-state index contributed by atoms with van der Waals surface area (Å²) in [7, 11) is 1.48. The smallest absolute Gasteiger partial charge is 0.350 e. The monoisotopic (exact) mass is 606 g/mol. The number of hydrogen-bond acceptors (Lipinski definition) is 10. The van der Waals surface area contributed by atoms with Gasteiger partial charge < -0.3 is 24.1 Å². The summed E-state index contributed by atoms with van der Waals surface area (Å²) in [6, 6.07) is 10.6. The average Bonchev–Trinajstić information content (AvgIpc) is 3.52. The number of ether oxygens (including phenoxy) is 4. The van der Waals surface area contributed by atoms with Gasteiger partial charge in [0, 0.05) is 5.56 Å². The first-order valence-electron chi connectivity index (χ1n) is 13.9. The van der Waals surface area contributed by atoms with E-state index in [9.17, 15) is 19.5 Å². The topological polar surface area (TPSA) is 124 Å². The van der Waals surface area contributed by atoms with E-state index in [-0.39, 0.29) is 27.9 Å². The summed E-state index contributed by atoms with van der Waals surface area (Å²) >= 11 is 0.918. The zero-order chi connectivity index (χ0) is 31.1. The minimum absolute atomic E-state index is 0.00439. The van der Waals surface area contributed by atoms with Gasteiger partial charge in [0.05, 0.1) is 37.6 Å². The molecule has 4 rings (SSSR count). The number of amides is 1. The molecule has 226 valence electrons. The first-order chi connectivity index (χ1) is 20.7. The number of aliphatic hydroxyl groups is 1. The molecule has 0 radical (unpaired) electrons. The van der Waals surface area contributed by atoms with Crippen LogP contribution < -0.4 is 19.1 Å². The molecule has 1 atom stereocenters. The Bertz CT molecular complexity index is 1540. The number of aromatic nitrogens is 1. The Morgan fingerprint density at radius 1 is 1.12 bits per heavy atom. The number of esters is 1. The molecule has 2 aromatic carbocycles. The summed E-state index contributed by atoms with van der Waals surface area (Å²) in [4.78, 5) is 45.7. The Morgan fingerprint density at radius 3 is 2.51 bits per heavy atom. The van der Waals surface area contributed by atoms with Crippen molar-refractivity contribution in [2.75, 3.05) is 31.8 Å². The minimum Gasteiger partial charge on any atom is -0.507 e. The van der Waals surface area contributed by atoms with E-state index in [1.165, 1.54) is 18.1 Å². The number of methoxy groups -OCH3 is 1. The fourth-order valence-corrected chi connectivity index (χ4v) is 5.54. The van der Waals surface area contributed by atoms with E-state index in [1.807, 2.05) is 6.92 Å². The SMILES string of the molecule is C=CCOC(=O)c1sc(N2C(=O)C(=O)/C(=C(/O)c3ccc(OCCCC)cc3)C2c2ccc(OCC)c(OC)c2)nc1C. The van der Waals surface area contributed by atoms with Crippen molar-refractivity contribution in [1.29, 1.82) is 0 Å². The number of rotatable bonds is 13. The number of nitrogens with zero attached hydrogens (tertiary/aromatic N) is 2. The molecule has 10 nitrogen and oxygen atoms in total. The number of anilines is 1. The van der Waals surface area contributed by atoms with Gasteiger partial charge in [0.15, 0.2) is 16.6 Å². The molecule has 1 aliphatic heterocycles. The van der Waals surface area contributed by atoms with Crippen LogP contribution in [0.5, 0.6) is 17.2 Å². The highest BCUT2D eigenvalue weighted by molar-refractivity contribution is 7.17. The summed E-state index contributed by atoms with van der Waals surface area (Å²) in [6.07, 6.45) is 3.34. The maximum absolute atomic E-state index is 13.6. The van der Waals surface area contributed by atoms with Crippen molar-refractivity contribution in [2.45, 2.75) is 39.7 Å². The van der Waals surface area contributed by atoms with Crippen LogP contribution in [0.3, 0.4) is 0 Å². The normalized spacial score (nSPS) is 15.8. The minimum atomic E-state index is -1.09. The van der Waals surface area contributed by atoms with Gasteiger partial charge in [-0.3, -0.25) is 14.5 Å². The lowest BCUT2D eigenvalue weighted by atomic mass is 9.95. The molecule has 1 unspecified atom stereocenters.